The summed E-state index contributed by atoms with van der Waals surface area (Å²) >= 11 is 0. The van der Waals surface area contributed by atoms with Gasteiger partial charge in [0.25, 0.3) is 5.91 Å². The van der Waals surface area contributed by atoms with Gasteiger partial charge in [0.2, 0.25) is 5.91 Å². The summed E-state index contributed by atoms with van der Waals surface area (Å²) in [5.41, 5.74) is 2.87. The van der Waals surface area contributed by atoms with Crippen LogP contribution >= 0.6 is 0 Å². The van der Waals surface area contributed by atoms with Crippen LogP contribution in [0.2, 0.25) is 0 Å². The van der Waals surface area contributed by atoms with E-state index in [2.05, 4.69) is 11.2 Å². The number of carbonyl (C=O) groups is 2. The number of nitrogens with zero attached hydrogens (tertiary/aromatic N) is 4. The van der Waals surface area contributed by atoms with Gasteiger partial charge in [0.1, 0.15) is 5.71 Å². The molecule has 0 saturated heterocycles. The van der Waals surface area contributed by atoms with Gasteiger partial charge in [0, 0.05) is 26.4 Å². The SMILES string of the molecule is CN(Cc1ccc(C#N)cc1)C(=O)C1=NN(Cc2ccccc2)C(=O)CC1. The highest BCUT2D eigenvalue weighted by Crippen LogP contribution is 2.15. The molecular formula is C21H20N4O2. The summed E-state index contributed by atoms with van der Waals surface area (Å²) in [6.45, 7) is 0.770. The van der Waals surface area contributed by atoms with Gasteiger partial charge < -0.3 is 4.90 Å². The Morgan fingerprint density at radius 1 is 1.11 bits per heavy atom. The van der Waals surface area contributed by atoms with E-state index in [9.17, 15) is 9.59 Å². The lowest BCUT2D eigenvalue weighted by Gasteiger charge is -2.25. The first-order valence-corrected chi connectivity index (χ1v) is 8.73. The van der Waals surface area contributed by atoms with Gasteiger partial charge in [-0.2, -0.15) is 10.4 Å². The lowest BCUT2D eigenvalue weighted by Crippen LogP contribution is -2.39. The number of benzene rings is 2. The fourth-order valence-corrected chi connectivity index (χ4v) is 2.89. The van der Waals surface area contributed by atoms with E-state index >= 15 is 0 Å². The first-order valence-electron chi connectivity index (χ1n) is 8.73. The molecule has 0 fully saturated rings. The summed E-state index contributed by atoms with van der Waals surface area (Å²) in [5.74, 6) is -0.268. The third-order valence-electron chi connectivity index (χ3n) is 4.38. The van der Waals surface area contributed by atoms with Gasteiger partial charge in [0.15, 0.2) is 0 Å². The van der Waals surface area contributed by atoms with Gasteiger partial charge in [-0.15, -0.1) is 0 Å². The van der Waals surface area contributed by atoms with Gasteiger partial charge in [0.05, 0.1) is 18.2 Å². The van der Waals surface area contributed by atoms with Crippen molar-refractivity contribution < 1.29 is 9.59 Å². The van der Waals surface area contributed by atoms with Crippen LogP contribution in [0.25, 0.3) is 0 Å². The molecular weight excluding hydrogens is 340 g/mol. The van der Waals surface area contributed by atoms with Gasteiger partial charge in [-0.1, -0.05) is 42.5 Å². The highest BCUT2D eigenvalue weighted by atomic mass is 16.2. The summed E-state index contributed by atoms with van der Waals surface area (Å²) in [6.07, 6.45) is 0.628. The molecule has 2 amide bonds. The number of hydrazone groups is 1. The van der Waals surface area contributed by atoms with E-state index in [4.69, 9.17) is 5.26 Å². The van der Waals surface area contributed by atoms with Crippen molar-refractivity contribution in [3.05, 3.63) is 71.3 Å². The fraction of sp³-hybridized carbons (Fsp3) is 0.238. The van der Waals surface area contributed by atoms with E-state index in [1.165, 1.54) is 5.01 Å². The average Bonchev–Trinajstić information content (AvgIpc) is 2.70. The summed E-state index contributed by atoms with van der Waals surface area (Å²) in [6, 6.07) is 18.8. The molecule has 0 spiro atoms. The highest BCUT2D eigenvalue weighted by molar-refractivity contribution is 6.39. The predicted molar refractivity (Wildman–Crippen MR) is 101 cm³/mol. The second-order valence-electron chi connectivity index (χ2n) is 6.45. The summed E-state index contributed by atoms with van der Waals surface area (Å²) in [7, 11) is 1.71. The minimum atomic E-state index is -0.190. The fourth-order valence-electron chi connectivity index (χ4n) is 2.89. The molecule has 0 radical (unpaired) electrons. The van der Waals surface area contributed by atoms with E-state index < -0.39 is 0 Å². The van der Waals surface area contributed by atoms with Crippen LogP contribution in [0.3, 0.4) is 0 Å². The number of amides is 2. The van der Waals surface area contributed by atoms with E-state index in [-0.39, 0.29) is 18.2 Å². The number of carbonyl (C=O) groups excluding carboxylic acids is 2. The van der Waals surface area contributed by atoms with Crippen molar-refractivity contribution >= 4 is 17.5 Å². The third kappa shape index (κ3) is 4.59. The molecule has 2 aromatic rings. The Bertz CT molecular complexity index is 898. The van der Waals surface area contributed by atoms with Crippen LogP contribution in [0.1, 0.15) is 29.5 Å². The topological polar surface area (TPSA) is 76.8 Å². The molecule has 1 heterocycles. The van der Waals surface area contributed by atoms with Gasteiger partial charge >= 0.3 is 0 Å². The molecule has 1 aliphatic heterocycles. The molecule has 0 N–H and O–H groups in total. The third-order valence-corrected chi connectivity index (χ3v) is 4.38. The molecule has 6 heteroatoms. The standard InChI is InChI=1S/C21H20N4O2/c1-24(14-18-9-7-16(13-22)8-10-18)21(27)19-11-12-20(26)25(23-19)15-17-5-3-2-4-6-17/h2-10H,11-12,14-15H2,1H3. The predicted octanol–water partition coefficient (Wildman–Crippen LogP) is 2.70. The lowest BCUT2D eigenvalue weighted by molar-refractivity contribution is -0.132. The smallest absolute Gasteiger partial charge is 0.270 e. The van der Waals surface area contributed by atoms with Crippen LogP contribution in [-0.2, 0) is 22.7 Å². The molecule has 27 heavy (non-hydrogen) atoms. The molecule has 0 saturated carbocycles. The zero-order chi connectivity index (χ0) is 19.2. The average molecular weight is 360 g/mol. The van der Waals surface area contributed by atoms with Crippen LogP contribution < -0.4 is 0 Å². The van der Waals surface area contributed by atoms with Crippen LogP contribution in [0.15, 0.2) is 59.7 Å². The Morgan fingerprint density at radius 2 is 1.81 bits per heavy atom. The number of hydrogen-bond acceptors (Lipinski definition) is 4. The second-order valence-corrected chi connectivity index (χ2v) is 6.45. The quantitative estimate of drug-likeness (QED) is 0.822. The zero-order valence-electron chi connectivity index (χ0n) is 15.1. The molecule has 0 atom stereocenters. The van der Waals surface area contributed by atoms with Gasteiger partial charge in [-0.3, -0.25) is 9.59 Å². The van der Waals surface area contributed by atoms with Crippen LogP contribution in [0.5, 0.6) is 0 Å². The Balaban J connectivity index is 1.69. The van der Waals surface area contributed by atoms with Crippen molar-refractivity contribution in [2.24, 2.45) is 5.10 Å². The first-order chi connectivity index (χ1) is 13.1. The van der Waals surface area contributed by atoms with Crippen molar-refractivity contribution in [2.45, 2.75) is 25.9 Å². The molecule has 2 aromatic carbocycles. The van der Waals surface area contributed by atoms with Crippen LogP contribution in [0.4, 0.5) is 0 Å². The number of rotatable bonds is 5. The second kappa shape index (κ2) is 8.28. The first kappa shape index (κ1) is 18.3. The van der Waals surface area contributed by atoms with Gasteiger partial charge in [-0.25, -0.2) is 5.01 Å². The summed E-state index contributed by atoms with van der Waals surface area (Å²) < 4.78 is 0. The molecule has 6 nitrogen and oxygen atoms in total. The monoisotopic (exact) mass is 360 g/mol. The van der Waals surface area contributed by atoms with E-state index in [1.54, 1.807) is 24.1 Å². The molecule has 1 aliphatic rings. The minimum absolute atomic E-state index is 0.0786. The summed E-state index contributed by atoms with van der Waals surface area (Å²) in [5, 5.41) is 14.5. The minimum Gasteiger partial charge on any atom is -0.336 e. The Kier molecular flexibility index (Phi) is 5.62. The van der Waals surface area contributed by atoms with Gasteiger partial charge in [-0.05, 0) is 23.3 Å². The molecule has 136 valence electrons. The van der Waals surface area contributed by atoms with E-state index in [1.807, 2.05) is 42.5 Å². The maximum Gasteiger partial charge on any atom is 0.270 e. The lowest BCUT2D eigenvalue weighted by atomic mass is 10.1. The van der Waals surface area contributed by atoms with Crippen molar-refractivity contribution in [3.8, 4) is 6.07 Å². The Hall–Kier alpha value is -3.46. The normalized spacial score (nSPS) is 13.7. The molecule has 0 aromatic heterocycles. The van der Waals surface area contributed by atoms with Crippen molar-refractivity contribution in [1.29, 1.82) is 5.26 Å². The van der Waals surface area contributed by atoms with Crippen molar-refractivity contribution in [1.82, 2.24) is 9.91 Å². The van der Waals surface area contributed by atoms with Crippen molar-refractivity contribution in [2.75, 3.05) is 7.05 Å². The Labute approximate surface area is 158 Å². The molecule has 0 unspecified atom stereocenters. The molecule has 0 bridgehead atoms. The number of hydrogen-bond donors (Lipinski definition) is 0. The molecule has 3 rings (SSSR count). The summed E-state index contributed by atoms with van der Waals surface area (Å²) in [4.78, 5) is 26.5. The maximum absolute atomic E-state index is 12.7. The highest BCUT2D eigenvalue weighted by Gasteiger charge is 2.26. The van der Waals surface area contributed by atoms with E-state index in [0.717, 1.165) is 11.1 Å². The van der Waals surface area contributed by atoms with E-state index in [0.29, 0.717) is 30.8 Å². The maximum atomic E-state index is 12.7. The Morgan fingerprint density at radius 3 is 2.48 bits per heavy atom. The largest absolute Gasteiger partial charge is 0.336 e. The number of nitriles is 1. The van der Waals surface area contributed by atoms with Crippen LogP contribution in [-0.4, -0.2) is 34.5 Å². The molecule has 0 aliphatic carbocycles. The van der Waals surface area contributed by atoms with Crippen LogP contribution in [0, 0.1) is 11.3 Å². The zero-order valence-corrected chi connectivity index (χ0v) is 15.1. The van der Waals surface area contributed by atoms with Crippen molar-refractivity contribution in [3.63, 3.8) is 0 Å².